The molecule has 10 heteroatoms. The fraction of sp³-hybridized carbons (Fsp3) is 0.833. The second-order valence-electron chi connectivity index (χ2n) is 19.6. The van der Waals surface area contributed by atoms with Crippen LogP contribution in [0.25, 0.3) is 0 Å². The van der Waals surface area contributed by atoms with Gasteiger partial charge in [-0.3, -0.25) is 0 Å². The van der Waals surface area contributed by atoms with Crippen molar-refractivity contribution >= 4 is 10.1 Å². The molecule has 6 N–H and O–H groups in total. The van der Waals surface area contributed by atoms with Crippen molar-refractivity contribution in [2.75, 3.05) is 0 Å². The van der Waals surface area contributed by atoms with Gasteiger partial charge in [-0.05, 0) is 131 Å². The molecule has 12 aliphatic rings. The van der Waals surface area contributed by atoms with Crippen LogP contribution in [0.1, 0.15) is 132 Å². The molecule has 12 bridgehead atoms. The highest BCUT2D eigenvalue weighted by Gasteiger charge is 2.68. The smallest absolute Gasteiger partial charge is 0.125 e. The molecule has 46 heavy (non-hydrogen) atoms. The van der Waals surface area contributed by atoms with Gasteiger partial charge in [0.05, 0.1) is 38.5 Å². The molecule has 1 aromatic rings. The Bertz CT molecular complexity index is 1570. The average molecular weight is 656 g/mol. The van der Waals surface area contributed by atoms with Crippen molar-refractivity contribution in [3.63, 3.8) is 0 Å². The summed E-state index contributed by atoms with van der Waals surface area (Å²) >= 11 is 0. The molecule has 0 radical (unpaired) electrons. The predicted molar refractivity (Wildman–Crippen MR) is 163 cm³/mol. The summed E-state index contributed by atoms with van der Waals surface area (Å²) in [6.07, 6.45) is 8.01. The molecule has 0 aliphatic heterocycles. The van der Waals surface area contributed by atoms with E-state index in [0.717, 1.165) is 12.0 Å². The lowest BCUT2D eigenvalue weighted by molar-refractivity contribution is -0.210. The van der Waals surface area contributed by atoms with Gasteiger partial charge in [-0.15, -0.1) is 0 Å². The summed E-state index contributed by atoms with van der Waals surface area (Å²) in [6.45, 7) is 0. The molecule has 6 atom stereocenters. The average Bonchev–Trinajstić information content (AvgIpc) is 2.81. The minimum atomic E-state index is -5.10. The summed E-state index contributed by atoms with van der Waals surface area (Å²) in [5, 5.41) is 70.8. The van der Waals surface area contributed by atoms with E-state index in [1.165, 1.54) is 0 Å². The molecule has 12 fully saturated rings. The molecule has 0 heterocycles. The molecule has 0 amide bonds. The van der Waals surface area contributed by atoms with Gasteiger partial charge in [-0.2, -0.15) is 0 Å². The van der Waals surface area contributed by atoms with Crippen LogP contribution >= 0.6 is 0 Å². The Labute approximate surface area is 270 Å². The van der Waals surface area contributed by atoms with Crippen LogP contribution in [0, 0.1) is 17.8 Å². The van der Waals surface area contributed by atoms with Gasteiger partial charge in [0.2, 0.25) is 0 Å². The summed E-state index contributed by atoms with van der Waals surface area (Å²) in [4.78, 5) is -0.276. The first-order valence-corrected chi connectivity index (χ1v) is 19.1. The first-order valence-electron chi connectivity index (χ1n) is 17.7. The van der Waals surface area contributed by atoms with Crippen molar-refractivity contribution in [1.29, 1.82) is 0 Å². The Morgan fingerprint density at radius 3 is 1.04 bits per heavy atom. The van der Waals surface area contributed by atoms with Gasteiger partial charge < -0.3 is 35.2 Å². The van der Waals surface area contributed by atoms with E-state index in [-0.39, 0.29) is 61.2 Å². The maximum atomic E-state index is 13.8. The zero-order valence-electron chi connectivity index (χ0n) is 26.4. The molecule has 252 valence electrons. The normalized spacial score (nSPS) is 57.5. The van der Waals surface area contributed by atoms with Crippen LogP contribution in [0.3, 0.4) is 0 Å². The van der Waals surface area contributed by atoms with E-state index >= 15 is 0 Å². The van der Waals surface area contributed by atoms with E-state index < -0.39 is 60.0 Å². The first-order chi connectivity index (χ1) is 21.2. The highest BCUT2D eigenvalue weighted by Crippen LogP contribution is 2.69. The lowest BCUT2D eigenvalue weighted by Crippen LogP contribution is -2.66. The van der Waals surface area contributed by atoms with Crippen molar-refractivity contribution in [3.05, 3.63) is 28.8 Å². The van der Waals surface area contributed by atoms with Crippen molar-refractivity contribution in [1.82, 2.24) is 0 Å². The summed E-state index contributed by atoms with van der Waals surface area (Å²) in [6, 6.07) is 3.75. The number of aliphatic hydroxyl groups is 6. The Hall–Kier alpha value is -1.11. The zero-order chi connectivity index (χ0) is 32.2. The Kier molecular flexibility index (Phi) is 5.24. The topological polar surface area (TPSA) is 179 Å². The number of hydrogen-bond acceptors (Lipinski definition) is 9. The molecule has 1 aromatic carbocycles. The van der Waals surface area contributed by atoms with Crippen LogP contribution in [0.4, 0.5) is 0 Å². The molecule has 0 spiro atoms. The molecule has 0 aromatic heterocycles. The molecule has 13 rings (SSSR count). The van der Waals surface area contributed by atoms with Gasteiger partial charge in [0.25, 0.3) is 0 Å². The number of hydrogen-bond donors (Lipinski definition) is 6. The standard InChI is InChI=1S/C36H48O9S/c37-31-6-21-3-28(12-31,13-32(38,7-21)18-31)24-1-25(29-4-22-8-33(39,14-29)19-34(40,9-22)15-29)27(46(43,44)45)26(2-24)30-5-23-10-35(41,16-30)20-36(42,11-23)17-30/h1-2,21-23,37-42H,3-20H2,(H,43,44,45)/p-1. The van der Waals surface area contributed by atoms with Crippen LogP contribution in [0.15, 0.2) is 17.0 Å². The van der Waals surface area contributed by atoms with Gasteiger partial charge in [-0.25, -0.2) is 8.42 Å². The van der Waals surface area contributed by atoms with Crippen molar-refractivity contribution in [2.24, 2.45) is 17.8 Å². The van der Waals surface area contributed by atoms with Gasteiger partial charge in [0.15, 0.2) is 0 Å². The SMILES string of the molecule is O=S(=O)([O-])c1c(C23CC4CC(O)(CC(O)(C4)C2)C3)cc(C23CC4CC(O)(CC(O)(C4)C2)C3)cc1C12CC3CC(O)(CC(O)(C3)C1)C2. The molecular weight excluding hydrogens is 608 g/mol. The van der Waals surface area contributed by atoms with Crippen LogP contribution in [0.2, 0.25) is 0 Å². The highest BCUT2D eigenvalue weighted by atomic mass is 32.2. The lowest BCUT2D eigenvalue weighted by atomic mass is 9.42. The predicted octanol–water partition coefficient (Wildman–Crippen LogP) is 2.68. The van der Waals surface area contributed by atoms with Crippen LogP contribution in [-0.2, 0) is 26.4 Å². The highest BCUT2D eigenvalue weighted by molar-refractivity contribution is 7.85. The molecule has 12 saturated carbocycles. The van der Waals surface area contributed by atoms with Crippen LogP contribution < -0.4 is 0 Å². The van der Waals surface area contributed by atoms with Crippen molar-refractivity contribution in [2.45, 2.75) is 170 Å². The van der Waals surface area contributed by atoms with Gasteiger partial charge >= 0.3 is 0 Å². The monoisotopic (exact) mass is 655 g/mol. The quantitative estimate of drug-likeness (QED) is 0.266. The fourth-order valence-electron chi connectivity index (χ4n) is 15.9. The van der Waals surface area contributed by atoms with Gasteiger partial charge in [-0.1, -0.05) is 12.1 Å². The van der Waals surface area contributed by atoms with Crippen LogP contribution in [0.5, 0.6) is 0 Å². The largest absolute Gasteiger partial charge is 0.744 e. The maximum Gasteiger partial charge on any atom is 0.125 e. The number of rotatable bonds is 4. The zero-order valence-corrected chi connectivity index (χ0v) is 27.2. The Morgan fingerprint density at radius 2 is 0.761 bits per heavy atom. The molecule has 0 saturated heterocycles. The molecule has 12 aliphatic carbocycles. The molecule has 9 nitrogen and oxygen atoms in total. The minimum Gasteiger partial charge on any atom is -0.744 e. The van der Waals surface area contributed by atoms with E-state index in [2.05, 4.69) is 0 Å². The molecule has 6 unspecified atom stereocenters. The lowest BCUT2D eigenvalue weighted by Gasteiger charge is -2.66. The second-order valence-corrected chi connectivity index (χ2v) is 20.9. The summed E-state index contributed by atoms with van der Waals surface area (Å²) in [5.74, 6) is 0.0908. The fourth-order valence-corrected chi connectivity index (χ4v) is 17.0. The number of benzene rings is 1. The van der Waals surface area contributed by atoms with Crippen LogP contribution in [-0.4, -0.2) is 77.2 Å². The van der Waals surface area contributed by atoms with E-state index in [1.54, 1.807) is 0 Å². The van der Waals surface area contributed by atoms with E-state index in [0.29, 0.717) is 81.8 Å². The second kappa shape index (κ2) is 8.09. The van der Waals surface area contributed by atoms with Gasteiger partial charge in [0, 0.05) is 35.5 Å². The maximum absolute atomic E-state index is 13.8. The molecular formula is C36H47O9S-. The third-order valence-corrected chi connectivity index (χ3v) is 16.1. The Morgan fingerprint density at radius 1 is 0.478 bits per heavy atom. The van der Waals surface area contributed by atoms with Crippen molar-refractivity contribution < 1.29 is 43.6 Å². The van der Waals surface area contributed by atoms with E-state index in [1.807, 2.05) is 12.1 Å². The van der Waals surface area contributed by atoms with E-state index in [4.69, 9.17) is 0 Å². The third-order valence-electron chi connectivity index (χ3n) is 15.1. The summed E-state index contributed by atoms with van der Waals surface area (Å²) < 4.78 is 41.3. The third kappa shape index (κ3) is 3.96. The van der Waals surface area contributed by atoms with E-state index in [9.17, 15) is 43.6 Å². The first kappa shape index (κ1) is 29.8. The van der Waals surface area contributed by atoms with Crippen molar-refractivity contribution in [3.8, 4) is 0 Å². The minimum absolute atomic E-state index is 0.0116. The Balaban J connectivity index is 1.26. The summed E-state index contributed by atoms with van der Waals surface area (Å²) in [5.41, 5.74) is -7.66. The van der Waals surface area contributed by atoms with Gasteiger partial charge in [0.1, 0.15) is 10.1 Å². The summed E-state index contributed by atoms with van der Waals surface area (Å²) in [7, 11) is -5.10.